The number of phenolic OH excluding ortho intramolecular Hbond substituents is 1. The van der Waals surface area contributed by atoms with Crippen molar-refractivity contribution >= 4 is 11.8 Å². The number of benzene rings is 2. The van der Waals surface area contributed by atoms with E-state index in [1.165, 1.54) is 36.4 Å². The smallest absolute Gasteiger partial charge is 0.307 e. The van der Waals surface area contributed by atoms with Crippen molar-refractivity contribution in [1.82, 2.24) is 0 Å². The molecule has 1 unspecified atom stereocenters. The lowest BCUT2D eigenvalue weighted by molar-refractivity contribution is -0.143. The molecule has 2 atom stereocenters. The second-order valence-electron chi connectivity index (χ2n) is 6.01. The molecule has 0 heterocycles. The Hall–Kier alpha value is -2.73. The van der Waals surface area contributed by atoms with Gasteiger partial charge in [-0.1, -0.05) is 24.3 Å². The number of halogens is 1. The van der Waals surface area contributed by atoms with Gasteiger partial charge in [0.05, 0.1) is 12.0 Å². The monoisotopic (exact) mass is 345 g/mol. The first kappa shape index (κ1) is 18.6. The Morgan fingerprint density at radius 2 is 1.48 bits per heavy atom. The molecule has 0 radical (unpaired) electrons. The van der Waals surface area contributed by atoms with Crippen LogP contribution >= 0.6 is 0 Å². The normalized spacial score (nSPS) is 13.2. The van der Waals surface area contributed by atoms with E-state index in [1.54, 1.807) is 12.1 Å². The minimum Gasteiger partial charge on any atom is -0.508 e. The van der Waals surface area contributed by atoms with Crippen LogP contribution in [0.25, 0.3) is 0 Å². The predicted octanol–water partition coefficient (Wildman–Crippen LogP) is 2.30. The van der Waals surface area contributed by atoms with Gasteiger partial charge in [0.2, 0.25) is 0 Å². The Bertz CT molecular complexity index is 728. The van der Waals surface area contributed by atoms with Crippen LogP contribution in [0.1, 0.15) is 17.5 Å². The van der Waals surface area contributed by atoms with E-state index in [1.807, 2.05) is 0 Å². The number of carboxylic acids is 1. The van der Waals surface area contributed by atoms with Crippen molar-refractivity contribution < 1.29 is 24.2 Å². The van der Waals surface area contributed by atoms with Gasteiger partial charge >= 0.3 is 5.97 Å². The molecule has 4 N–H and O–H groups in total. The first-order valence-corrected chi connectivity index (χ1v) is 7.88. The van der Waals surface area contributed by atoms with Crippen LogP contribution in [0.3, 0.4) is 0 Å². The summed E-state index contributed by atoms with van der Waals surface area (Å²) >= 11 is 0. The molecule has 0 saturated carbocycles. The quantitative estimate of drug-likeness (QED) is 0.681. The zero-order valence-electron chi connectivity index (χ0n) is 13.6. The summed E-state index contributed by atoms with van der Waals surface area (Å²) in [6.45, 7) is 0. The molecule has 0 saturated heterocycles. The third-order valence-electron chi connectivity index (χ3n) is 4.00. The Morgan fingerprint density at radius 3 is 2.04 bits per heavy atom. The van der Waals surface area contributed by atoms with Crippen LogP contribution in [0, 0.1) is 11.7 Å². The zero-order chi connectivity index (χ0) is 18.4. The van der Waals surface area contributed by atoms with E-state index in [9.17, 15) is 24.2 Å². The standard InChI is InChI=1S/C19H20FNO4/c20-15-5-1-12(2-6-15)9-14(19(24)25)11-18(23)17(21)10-13-3-7-16(22)8-4-13/h1-8,14,17,22H,9-11,21H2,(H,24,25)/t14?,17-/m0/s1. The summed E-state index contributed by atoms with van der Waals surface area (Å²) in [4.78, 5) is 23.7. The number of rotatable bonds is 8. The molecular formula is C19H20FNO4. The second kappa shape index (κ2) is 8.39. The molecule has 2 aromatic carbocycles. The van der Waals surface area contributed by atoms with Gasteiger partial charge in [0.15, 0.2) is 5.78 Å². The largest absolute Gasteiger partial charge is 0.508 e. The molecule has 0 aromatic heterocycles. The topological polar surface area (TPSA) is 101 Å². The van der Waals surface area contributed by atoms with E-state index < -0.39 is 23.7 Å². The number of carboxylic acid groups (broad SMARTS) is 1. The van der Waals surface area contributed by atoms with Crippen molar-refractivity contribution in [1.29, 1.82) is 0 Å². The number of carbonyl (C=O) groups excluding carboxylic acids is 1. The molecule has 25 heavy (non-hydrogen) atoms. The van der Waals surface area contributed by atoms with Gasteiger partial charge in [-0.3, -0.25) is 9.59 Å². The number of hydrogen-bond acceptors (Lipinski definition) is 4. The van der Waals surface area contributed by atoms with E-state index in [0.29, 0.717) is 5.56 Å². The number of aliphatic carboxylic acids is 1. The highest BCUT2D eigenvalue weighted by molar-refractivity contribution is 5.88. The van der Waals surface area contributed by atoms with Crippen LogP contribution in [0.4, 0.5) is 4.39 Å². The SMILES string of the molecule is N[C@@H](Cc1ccc(O)cc1)C(=O)CC(Cc1ccc(F)cc1)C(=O)O. The van der Waals surface area contributed by atoms with E-state index in [2.05, 4.69) is 0 Å². The highest BCUT2D eigenvalue weighted by atomic mass is 19.1. The van der Waals surface area contributed by atoms with E-state index >= 15 is 0 Å². The minimum absolute atomic E-state index is 0.119. The molecule has 2 aromatic rings. The fourth-order valence-electron chi connectivity index (χ4n) is 2.55. The molecule has 0 spiro atoms. The van der Waals surface area contributed by atoms with Gasteiger partial charge in [-0.15, -0.1) is 0 Å². The zero-order valence-corrected chi connectivity index (χ0v) is 13.6. The number of carbonyl (C=O) groups is 2. The van der Waals surface area contributed by atoms with Gasteiger partial charge in [0.25, 0.3) is 0 Å². The van der Waals surface area contributed by atoms with Crippen LogP contribution < -0.4 is 5.73 Å². The number of Topliss-reactive ketones (excluding diaryl/α,β-unsaturated/α-hetero) is 1. The van der Waals surface area contributed by atoms with Crippen LogP contribution in [0.2, 0.25) is 0 Å². The van der Waals surface area contributed by atoms with Gasteiger partial charge in [-0.05, 0) is 48.2 Å². The maximum Gasteiger partial charge on any atom is 0.307 e. The van der Waals surface area contributed by atoms with Crippen molar-refractivity contribution in [3.63, 3.8) is 0 Å². The van der Waals surface area contributed by atoms with E-state index in [4.69, 9.17) is 5.73 Å². The maximum absolute atomic E-state index is 12.9. The van der Waals surface area contributed by atoms with Crippen LogP contribution in [0.5, 0.6) is 5.75 Å². The molecule has 0 amide bonds. The Kier molecular flexibility index (Phi) is 6.25. The molecule has 0 aliphatic carbocycles. The lowest BCUT2D eigenvalue weighted by Gasteiger charge is -2.15. The lowest BCUT2D eigenvalue weighted by Crippen LogP contribution is -2.35. The van der Waals surface area contributed by atoms with Crippen LogP contribution in [0.15, 0.2) is 48.5 Å². The summed E-state index contributed by atoms with van der Waals surface area (Å²) in [6.07, 6.45) is 0.210. The minimum atomic E-state index is -1.09. The summed E-state index contributed by atoms with van der Waals surface area (Å²) in [5, 5.41) is 18.6. The van der Waals surface area contributed by atoms with Crippen molar-refractivity contribution in [2.24, 2.45) is 11.7 Å². The third-order valence-corrected chi connectivity index (χ3v) is 4.00. The van der Waals surface area contributed by atoms with E-state index in [0.717, 1.165) is 5.56 Å². The highest BCUT2D eigenvalue weighted by Gasteiger charge is 2.25. The molecule has 0 aliphatic rings. The average molecular weight is 345 g/mol. The van der Waals surface area contributed by atoms with Crippen molar-refractivity contribution in [3.05, 3.63) is 65.5 Å². The van der Waals surface area contributed by atoms with Crippen molar-refractivity contribution in [2.75, 3.05) is 0 Å². The Balaban J connectivity index is 1.97. The second-order valence-corrected chi connectivity index (χ2v) is 6.01. The molecular weight excluding hydrogens is 325 g/mol. The first-order valence-electron chi connectivity index (χ1n) is 7.88. The molecule has 6 heteroatoms. The molecule has 0 bridgehead atoms. The number of aromatic hydroxyl groups is 1. The Morgan fingerprint density at radius 1 is 0.960 bits per heavy atom. The van der Waals surface area contributed by atoms with Gasteiger partial charge in [0.1, 0.15) is 11.6 Å². The molecule has 132 valence electrons. The number of hydrogen-bond donors (Lipinski definition) is 3. The fraction of sp³-hybridized carbons (Fsp3) is 0.263. The van der Waals surface area contributed by atoms with Gasteiger partial charge in [-0.2, -0.15) is 0 Å². The summed E-state index contributed by atoms with van der Waals surface area (Å²) in [6, 6.07) is 11.0. The van der Waals surface area contributed by atoms with Crippen LogP contribution in [-0.2, 0) is 22.4 Å². The molecule has 5 nitrogen and oxygen atoms in total. The predicted molar refractivity (Wildman–Crippen MR) is 90.6 cm³/mol. The Labute approximate surface area is 144 Å². The molecule has 0 aliphatic heterocycles. The van der Waals surface area contributed by atoms with Gasteiger partial charge in [-0.25, -0.2) is 4.39 Å². The summed E-state index contributed by atoms with van der Waals surface area (Å²) in [7, 11) is 0. The van der Waals surface area contributed by atoms with E-state index in [-0.39, 0.29) is 30.8 Å². The van der Waals surface area contributed by atoms with Crippen molar-refractivity contribution in [2.45, 2.75) is 25.3 Å². The maximum atomic E-state index is 12.9. The number of ketones is 1. The van der Waals surface area contributed by atoms with Crippen LogP contribution in [-0.4, -0.2) is 28.0 Å². The highest BCUT2D eigenvalue weighted by Crippen LogP contribution is 2.16. The first-order chi connectivity index (χ1) is 11.8. The summed E-state index contributed by atoms with van der Waals surface area (Å²) in [5.74, 6) is -2.63. The van der Waals surface area contributed by atoms with Gasteiger partial charge < -0.3 is 15.9 Å². The molecule has 0 fully saturated rings. The van der Waals surface area contributed by atoms with Gasteiger partial charge in [0, 0.05) is 6.42 Å². The third kappa shape index (κ3) is 5.69. The fourth-order valence-corrected chi connectivity index (χ4v) is 2.55. The lowest BCUT2D eigenvalue weighted by atomic mass is 9.91. The average Bonchev–Trinajstić information content (AvgIpc) is 2.58. The summed E-state index contributed by atoms with van der Waals surface area (Å²) < 4.78 is 12.9. The summed E-state index contributed by atoms with van der Waals surface area (Å²) in [5.41, 5.74) is 7.32. The number of nitrogens with two attached hydrogens (primary N) is 1. The van der Waals surface area contributed by atoms with Crippen molar-refractivity contribution in [3.8, 4) is 5.75 Å². The molecule has 2 rings (SSSR count). The number of phenols is 1.